The van der Waals surface area contributed by atoms with Crippen LogP contribution in [0.4, 0.5) is 5.69 Å². The second kappa shape index (κ2) is 6.15. The SMILES string of the molecule is CC(C)c1ccc([C@@H]2C3=C(CCCC3=O)Nc3cc4c(cc32)OCO4)cc1. The lowest BCUT2D eigenvalue weighted by Crippen LogP contribution is -2.26. The molecule has 138 valence electrons. The number of benzene rings is 2. The first kappa shape index (κ1) is 16.4. The van der Waals surface area contributed by atoms with Crippen LogP contribution in [0.1, 0.15) is 61.6 Å². The van der Waals surface area contributed by atoms with E-state index in [0.29, 0.717) is 12.3 Å². The second-order valence-electron chi connectivity index (χ2n) is 7.84. The van der Waals surface area contributed by atoms with E-state index < -0.39 is 0 Å². The molecule has 4 heteroatoms. The normalized spacial score (nSPS) is 20.4. The van der Waals surface area contributed by atoms with E-state index in [1.807, 2.05) is 12.1 Å². The van der Waals surface area contributed by atoms with Crippen molar-refractivity contribution in [3.05, 3.63) is 64.4 Å². The largest absolute Gasteiger partial charge is 0.454 e. The van der Waals surface area contributed by atoms with Crippen LogP contribution in [0.5, 0.6) is 11.5 Å². The van der Waals surface area contributed by atoms with Crippen molar-refractivity contribution in [1.29, 1.82) is 0 Å². The van der Waals surface area contributed by atoms with Crippen molar-refractivity contribution in [3.8, 4) is 11.5 Å². The van der Waals surface area contributed by atoms with Crippen molar-refractivity contribution in [1.82, 2.24) is 0 Å². The average molecular weight is 361 g/mol. The standard InChI is InChI=1S/C23H23NO3/c1-13(2)14-6-8-15(9-7-14)22-16-10-20-21(27-12-26-20)11-18(16)24-17-4-3-5-19(25)23(17)22/h6-11,13,22,24H,3-5,12H2,1-2H3/t22-/m0/s1. The Morgan fingerprint density at radius 3 is 2.52 bits per heavy atom. The molecule has 0 aromatic heterocycles. The van der Waals surface area contributed by atoms with Crippen molar-refractivity contribution in [2.75, 3.05) is 12.1 Å². The number of hydrogen-bond donors (Lipinski definition) is 1. The molecule has 0 saturated heterocycles. The van der Waals surface area contributed by atoms with Gasteiger partial charge in [0.25, 0.3) is 0 Å². The number of anilines is 1. The van der Waals surface area contributed by atoms with Gasteiger partial charge in [0.1, 0.15) is 0 Å². The number of carbonyl (C=O) groups excluding carboxylic acids is 1. The predicted molar refractivity (Wildman–Crippen MR) is 104 cm³/mol. The molecule has 0 radical (unpaired) electrons. The Hall–Kier alpha value is -2.75. The minimum absolute atomic E-state index is 0.0558. The monoisotopic (exact) mass is 361 g/mol. The van der Waals surface area contributed by atoms with Crippen LogP contribution in [0, 0.1) is 0 Å². The summed E-state index contributed by atoms with van der Waals surface area (Å²) in [6, 6.07) is 12.8. The molecule has 1 aliphatic carbocycles. The number of fused-ring (bicyclic) bond motifs is 2. The Balaban J connectivity index is 1.68. The van der Waals surface area contributed by atoms with E-state index in [1.165, 1.54) is 5.56 Å². The fourth-order valence-electron chi connectivity index (χ4n) is 4.37. The summed E-state index contributed by atoms with van der Waals surface area (Å²) < 4.78 is 11.2. The van der Waals surface area contributed by atoms with E-state index in [-0.39, 0.29) is 18.5 Å². The molecular weight excluding hydrogens is 338 g/mol. The maximum absolute atomic E-state index is 12.9. The lowest BCUT2D eigenvalue weighted by molar-refractivity contribution is -0.116. The Morgan fingerprint density at radius 2 is 1.78 bits per heavy atom. The molecule has 0 unspecified atom stereocenters. The number of allylic oxidation sites excluding steroid dienone is 2. The Labute approximate surface area is 159 Å². The van der Waals surface area contributed by atoms with E-state index in [0.717, 1.165) is 52.4 Å². The van der Waals surface area contributed by atoms with Crippen LogP contribution in [-0.2, 0) is 4.79 Å². The van der Waals surface area contributed by atoms with Crippen molar-refractivity contribution in [3.63, 3.8) is 0 Å². The van der Waals surface area contributed by atoms with Crippen LogP contribution >= 0.6 is 0 Å². The molecule has 3 aliphatic rings. The summed E-state index contributed by atoms with van der Waals surface area (Å²) in [5.41, 5.74) is 6.56. The molecule has 4 nitrogen and oxygen atoms in total. The summed E-state index contributed by atoms with van der Waals surface area (Å²) in [6.07, 6.45) is 2.44. The molecule has 27 heavy (non-hydrogen) atoms. The zero-order valence-electron chi connectivity index (χ0n) is 15.7. The zero-order valence-corrected chi connectivity index (χ0v) is 15.7. The average Bonchev–Trinajstić information content (AvgIpc) is 3.12. The van der Waals surface area contributed by atoms with Gasteiger partial charge in [-0.1, -0.05) is 38.1 Å². The number of ether oxygens (including phenoxy) is 2. The van der Waals surface area contributed by atoms with E-state index >= 15 is 0 Å². The quantitative estimate of drug-likeness (QED) is 0.808. The van der Waals surface area contributed by atoms with Gasteiger partial charge in [-0.2, -0.15) is 0 Å². The lowest BCUT2D eigenvalue weighted by Gasteiger charge is -2.34. The lowest BCUT2D eigenvalue weighted by atomic mass is 9.75. The number of Topliss-reactive ketones (excluding diaryl/α,β-unsaturated/α-hetero) is 1. The summed E-state index contributed by atoms with van der Waals surface area (Å²) in [5, 5.41) is 3.51. The Bertz CT molecular complexity index is 956. The molecule has 0 fully saturated rings. The van der Waals surface area contributed by atoms with Gasteiger partial charge in [0.2, 0.25) is 6.79 Å². The van der Waals surface area contributed by atoms with Gasteiger partial charge in [0, 0.05) is 35.4 Å². The summed E-state index contributed by atoms with van der Waals surface area (Å²) in [5.74, 6) is 2.21. The first-order valence-electron chi connectivity index (χ1n) is 9.68. The topological polar surface area (TPSA) is 47.6 Å². The molecular formula is C23H23NO3. The maximum Gasteiger partial charge on any atom is 0.231 e. The number of rotatable bonds is 2. The van der Waals surface area contributed by atoms with Gasteiger partial charge in [-0.3, -0.25) is 4.79 Å². The van der Waals surface area contributed by atoms with Gasteiger partial charge in [-0.15, -0.1) is 0 Å². The zero-order chi connectivity index (χ0) is 18.5. The van der Waals surface area contributed by atoms with Gasteiger partial charge in [0.05, 0.1) is 0 Å². The highest BCUT2D eigenvalue weighted by Gasteiger charge is 2.36. The number of ketones is 1. The molecule has 1 atom stereocenters. The maximum atomic E-state index is 12.9. The van der Waals surface area contributed by atoms with Crippen LogP contribution in [0.25, 0.3) is 0 Å². The third kappa shape index (κ3) is 2.62. The highest BCUT2D eigenvalue weighted by atomic mass is 16.7. The Kier molecular flexibility index (Phi) is 3.74. The third-order valence-electron chi connectivity index (χ3n) is 5.82. The molecule has 0 bridgehead atoms. The number of carbonyl (C=O) groups is 1. The van der Waals surface area contributed by atoms with Crippen LogP contribution < -0.4 is 14.8 Å². The highest BCUT2D eigenvalue weighted by molar-refractivity contribution is 6.01. The molecule has 1 N–H and O–H groups in total. The summed E-state index contributed by atoms with van der Waals surface area (Å²) in [6.45, 7) is 4.64. The highest BCUT2D eigenvalue weighted by Crippen LogP contribution is 2.49. The van der Waals surface area contributed by atoms with Crippen LogP contribution in [0.15, 0.2) is 47.7 Å². The fourth-order valence-corrected chi connectivity index (χ4v) is 4.37. The van der Waals surface area contributed by atoms with Crippen molar-refractivity contribution in [2.24, 2.45) is 0 Å². The van der Waals surface area contributed by atoms with E-state index in [4.69, 9.17) is 9.47 Å². The van der Waals surface area contributed by atoms with Gasteiger partial charge in [-0.25, -0.2) is 0 Å². The molecule has 2 aromatic carbocycles. The molecule has 2 aromatic rings. The molecule has 2 aliphatic heterocycles. The molecule has 0 spiro atoms. The van der Waals surface area contributed by atoms with Crippen LogP contribution in [-0.4, -0.2) is 12.6 Å². The smallest absolute Gasteiger partial charge is 0.231 e. The first-order chi connectivity index (χ1) is 13.1. The van der Waals surface area contributed by atoms with Crippen molar-refractivity contribution < 1.29 is 14.3 Å². The first-order valence-corrected chi connectivity index (χ1v) is 9.68. The predicted octanol–water partition coefficient (Wildman–Crippen LogP) is 5.10. The molecule has 0 saturated carbocycles. The second-order valence-corrected chi connectivity index (χ2v) is 7.84. The van der Waals surface area contributed by atoms with Crippen LogP contribution in [0.3, 0.4) is 0 Å². The number of nitrogens with one attached hydrogen (secondary N) is 1. The minimum atomic E-state index is -0.0558. The Morgan fingerprint density at radius 1 is 1.04 bits per heavy atom. The van der Waals surface area contributed by atoms with Gasteiger partial charge in [-0.05, 0) is 41.5 Å². The minimum Gasteiger partial charge on any atom is -0.454 e. The molecule has 2 heterocycles. The van der Waals surface area contributed by atoms with Gasteiger partial charge in [0.15, 0.2) is 17.3 Å². The number of hydrogen-bond acceptors (Lipinski definition) is 4. The third-order valence-corrected chi connectivity index (χ3v) is 5.82. The van der Waals surface area contributed by atoms with E-state index in [9.17, 15) is 4.79 Å². The van der Waals surface area contributed by atoms with Crippen LogP contribution in [0.2, 0.25) is 0 Å². The molecule has 5 rings (SSSR count). The fraction of sp³-hybridized carbons (Fsp3) is 0.348. The summed E-state index contributed by atoms with van der Waals surface area (Å²) >= 11 is 0. The molecule has 0 amide bonds. The van der Waals surface area contributed by atoms with Gasteiger partial charge >= 0.3 is 0 Å². The summed E-state index contributed by atoms with van der Waals surface area (Å²) in [7, 11) is 0. The summed E-state index contributed by atoms with van der Waals surface area (Å²) in [4.78, 5) is 12.9. The van der Waals surface area contributed by atoms with Crippen molar-refractivity contribution >= 4 is 11.5 Å². The van der Waals surface area contributed by atoms with E-state index in [1.54, 1.807) is 0 Å². The van der Waals surface area contributed by atoms with E-state index in [2.05, 4.69) is 43.4 Å². The van der Waals surface area contributed by atoms with Gasteiger partial charge < -0.3 is 14.8 Å². The van der Waals surface area contributed by atoms with Crippen molar-refractivity contribution in [2.45, 2.75) is 44.9 Å².